The van der Waals surface area contributed by atoms with Gasteiger partial charge in [-0.2, -0.15) is 0 Å². The van der Waals surface area contributed by atoms with E-state index in [1.165, 1.54) is 23.5 Å². The minimum absolute atomic E-state index is 0.218. The van der Waals surface area contributed by atoms with Gasteiger partial charge in [0.05, 0.1) is 7.11 Å². The zero-order valence-corrected chi connectivity index (χ0v) is 13.8. The number of ether oxygens (including phenoxy) is 1. The average molecular weight is 350 g/mol. The van der Waals surface area contributed by atoms with Crippen molar-refractivity contribution in [1.82, 2.24) is 5.32 Å². The zero-order chi connectivity index (χ0) is 16.4. The van der Waals surface area contributed by atoms with Gasteiger partial charge in [0.15, 0.2) is 0 Å². The number of amides is 1. The number of carbonyl (C=O) groups excluding carboxylic acids is 1. The molecule has 3 aromatic rings. The van der Waals surface area contributed by atoms with Gasteiger partial charge in [0, 0.05) is 21.7 Å². The fourth-order valence-corrected chi connectivity index (χ4v) is 3.62. The van der Waals surface area contributed by atoms with Crippen LogP contribution in [0.3, 0.4) is 0 Å². The van der Waals surface area contributed by atoms with Crippen LogP contribution >= 0.6 is 22.9 Å². The number of hydrogen-bond acceptors (Lipinski definition) is 3. The summed E-state index contributed by atoms with van der Waals surface area (Å²) in [6, 6.07) is 11.8. The van der Waals surface area contributed by atoms with Gasteiger partial charge in [0.2, 0.25) is 0 Å². The molecule has 1 heterocycles. The van der Waals surface area contributed by atoms with Gasteiger partial charge in [-0.05, 0) is 29.8 Å². The maximum Gasteiger partial charge on any atom is 0.265 e. The third-order valence-electron chi connectivity index (χ3n) is 3.41. The Bertz CT molecular complexity index is 878. The number of hydrogen-bond donors (Lipinski definition) is 1. The minimum atomic E-state index is -0.406. The summed E-state index contributed by atoms with van der Waals surface area (Å²) in [5.74, 6) is -0.0898. The Morgan fingerprint density at radius 3 is 2.83 bits per heavy atom. The third-order valence-corrected chi connectivity index (χ3v) is 4.92. The zero-order valence-electron chi connectivity index (χ0n) is 12.2. The number of nitrogens with one attached hydrogen (secondary N) is 1. The third kappa shape index (κ3) is 3.16. The van der Waals surface area contributed by atoms with E-state index in [0.717, 1.165) is 10.1 Å². The van der Waals surface area contributed by atoms with Crippen molar-refractivity contribution in [2.75, 3.05) is 7.11 Å². The largest absolute Gasteiger partial charge is 0.494 e. The quantitative estimate of drug-likeness (QED) is 0.745. The van der Waals surface area contributed by atoms with E-state index in [0.29, 0.717) is 16.2 Å². The van der Waals surface area contributed by atoms with E-state index in [9.17, 15) is 9.18 Å². The molecule has 1 amide bonds. The lowest BCUT2D eigenvalue weighted by Crippen LogP contribution is -2.22. The molecule has 1 aromatic heterocycles. The molecule has 0 fully saturated rings. The number of halogens is 2. The lowest BCUT2D eigenvalue weighted by Gasteiger charge is -2.07. The average Bonchev–Trinajstić information content (AvgIpc) is 2.92. The molecule has 0 spiro atoms. The summed E-state index contributed by atoms with van der Waals surface area (Å²) in [4.78, 5) is 13.0. The standard InChI is InChI=1S/C17H13ClFNO2S/c1-22-15-12-4-2-3-5-14(12)23-16(15)17(21)20-9-10-6-7-11(19)8-13(10)18/h2-8H,9H2,1H3,(H,20,21). The number of methoxy groups -OCH3 is 1. The van der Waals surface area contributed by atoms with Crippen molar-refractivity contribution in [3.05, 3.63) is 63.7 Å². The summed E-state index contributed by atoms with van der Waals surface area (Å²) in [7, 11) is 1.54. The van der Waals surface area contributed by atoms with E-state index in [2.05, 4.69) is 5.32 Å². The van der Waals surface area contributed by atoms with Gasteiger partial charge in [0.1, 0.15) is 16.4 Å². The van der Waals surface area contributed by atoms with Crippen LogP contribution in [0.25, 0.3) is 10.1 Å². The van der Waals surface area contributed by atoms with Crippen LogP contribution in [-0.4, -0.2) is 13.0 Å². The van der Waals surface area contributed by atoms with Crippen LogP contribution in [0.1, 0.15) is 15.2 Å². The summed E-state index contributed by atoms with van der Waals surface area (Å²) in [6.07, 6.45) is 0. The van der Waals surface area contributed by atoms with Gasteiger partial charge < -0.3 is 10.1 Å². The molecule has 0 unspecified atom stereocenters. The second kappa shape index (κ2) is 6.56. The molecule has 0 saturated carbocycles. The Morgan fingerprint density at radius 2 is 2.09 bits per heavy atom. The maximum absolute atomic E-state index is 13.0. The van der Waals surface area contributed by atoms with Crippen LogP contribution in [0.2, 0.25) is 5.02 Å². The van der Waals surface area contributed by atoms with Gasteiger partial charge in [-0.15, -0.1) is 11.3 Å². The van der Waals surface area contributed by atoms with E-state index in [1.54, 1.807) is 13.2 Å². The number of rotatable bonds is 4. The van der Waals surface area contributed by atoms with E-state index in [1.807, 2.05) is 24.3 Å². The Morgan fingerprint density at radius 1 is 1.30 bits per heavy atom. The molecule has 0 atom stereocenters. The van der Waals surface area contributed by atoms with Crippen molar-refractivity contribution in [3.8, 4) is 5.75 Å². The molecule has 0 aliphatic heterocycles. The molecule has 6 heteroatoms. The molecule has 3 nitrogen and oxygen atoms in total. The van der Waals surface area contributed by atoms with Gasteiger partial charge in [-0.25, -0.2) is 4.39 Å². The van der Waals surface area contributed by atoms with E-state index < -0.39 is 5.82 Å². The molecule has 0 saturated heterocycles. The molecule has 0 bridgehead atoms. The number of benzene rings is 2. The van der Waals surface area contributed by atoms with Crippen LogP contribution in [0.4, 0.5) is 4.39 Å². The summed E-state index contributed by atoms with van der Waals surface area (Å²) >= 11 is 7.34. The van der Waals surface area contributed by atoms with E-state index in [-0.39, 0.29) is 17.5 Å². The lowest BCUT2D eigenvalue weighted by molar-refractivity contribution is 0.0952. The van der Waals surface area contributed by atoms with Crippen molar-refractivity contribution in [2.45, 2.75) is 6.54 Å². The first-order valence-electron chi connectivity index (χ1n) is 6.88. The van der Waals surface area contributed by atoms with Gasteiger partial charge in [0.25, 0.3) is 5.91 Å². The fraction of sp³-hybridized carbons (Fsp3) is 0.118. The molecule has 1 N–H and O–H groups in total. The first-order chi connectivity index (χ1) is 11.1. The minimum Gasteiger partial charge on any atom is -0.494 e. The number of thiophene rings is 1. The summed E-state index contributed by atoms with van der Waals surface area (Å²) in [6.45, 7) is 0.218. The molecule has 0 radical (unpaired) electrons. The molecular weight excluding hydrogens is 337 g/mol. The molecule has 3 rings (SSSR count). The van der Waals surface area contributed by atoms with Crippen LogP contribution in [0.5, 0.6) is 5.75 Å². The summed E-state index contributed by atoms with van der Waals surface area (Å²) in [5.41, 5.74) is 0.654. The second-order valence-electron chi connectivity index (χ2n) is 4.88. The SMILES string of the molecule is COc1c(C(=O)NCc2ccc(F)cc2Cl)sc2ccccc12. The Labute approximate surface area is 141 Å². The fourth-order valence-electron chi connectivity index (χ4n) is 2.29. The lowest BCUT2D eigenvalue weighted by atomic mass is 10.2. The predicted octanol–water partition coefficient (Wildman–Crippen LogP) is 4.63. The topological polar surface area (TPSA) is 38.3 Å². The summed E-state index contributed by atoms with van der Waals surface area (Å²) in [5, 5.41) is 3.99. The molecule has 2 aromatic carbocycles. The second-order valence-corrected chi connectivity index (χ2v) is 6.34. The monoisotopic (exact) mass is 349 g/mol. The van der Waals surface area contributed by atoms with Crippen LogP contribution in [0, 0.1) is 5.82 Å². The van der Waals surface area contributed by atoms with Crippen LogP contribution in [-0.2, 0) is 6.54 Å². The van der Waals surface area contributed by atoms with Crippen molar-refractivity contribution in [1.29, 1.82) is 0 Å². The Balaban J connectivity index is 1.83. The predicted molar refractivity (Wildman–Crippen MR) is 91.0 cm³/mol. The van der Waals surface area contributed by atoms with Gasteiger partial charge in [-0.1, -0.05) is 29.8 Å². The van der Waals surface area contributed by atoms with Crippen LogP contribution < -0.4 is 10.1 Å². The molecule has 118 valence electrons. The normalized spacial score (nSPS) is 10.7. The Kier molecular flexibility index (Phi) is 4.50. The first-order valence-corrected chi connectivity index (χ1v) is 8.07. The maximum atomic E-state index is 13.0. The van der Waals surface area contributed by atoms with E-state index in [4.69, 9.17) is 16.3 Å². The van der Waals surface area contributed by atoms with Crippen molar-refractivity contribution >= 4 is 38.9 Å². The highest BCUT2D eigenvalue weighted by Crippen LogP contribution is 2.37. The molecule has 0 aliphatic rings. The highest BCUT2D eigenvalue weighted by molar-refractivity contribution is 7.21. The number of carbonyl (C=O) groups is 1. The highest BCUT2D eigenvalue weighted by atomic mass is 35.5. The molecule has 0 aliphatic carbocycles. The molecular formula is C17H13ClFNO2S. The highest BCUT2D eigenvalue weighted by Gasteiger charge is 2.19. The first kappa shape index (κ1) is 15.8. The Hall–Kier alpha value is -2.11. The van der Waals surface area contributed by atoms with Gasteiger partial charge >= 0.3 is 0 Å². The van der Waals surface area contributed by atoms with Crippen molar-refractivity contribution < 1.29 is 13.9 Å². The summed E-state index contributed by atoms with van der Waals surface area (Å²) < 4.78 is 19.4. The number of fused-ring (bicyclic) bond motifs is 1. The van der Waals surface area contributed by atoms with Gasteiger partial charge in [-0.3, -0.25) is 4.79 Å². The van der Waals surface area contributed by atoms with Crippen molar-refractivity contribution in [2.24, 2.45) is 0 Å². The van der Waals surface area contributed by atoms with E-state index >= 15 is 0 Å². The van der Waals surface area contributed by atoms with Crippen LogP contribution in [0.15, 0.2) is 42.5 Å². The van der Waals surface area contributed by atoms with Crippen molar-refractivity contribution in [3.63, 3.8) is 0 Å². The molecule has 23 heavy (non-hydrogen) atoms. The smallest absolute Gasteiger partial charge is 0.265 e.